The molecule has 12 heavy (non-hydrogen) atoms. The van der Waals surface area contributed by atoms with Gasteiger partial charge in [0.25, 0.3) is 0 Å². The minimum Gasteiger partial charge on any atom is -0.480 e. The van der Waals surface area contributed by atoms with E-state index in [9.17, 15) is 9.59 Å². The Balaban J connectivity index is 3.68. The molecule has 0 unspecified atom stereocenters. The van der Waals surface area contributed by atoms with Gasteiger partial charge < -0.3 is 21.3 Å². The molecule has 0 amide bonds. The highest BCUT2D eigenvalue weighted by atomic mass is 16.5. The zero-order chi connectivity index (χ0) is 9.56. The van der Waals surface area contributed by atoms with Crippen molar-refractivity contribution in [2.75, 3.05) is 6.61 Å². The largest absolute Gasteiger partial charge is 0.480 e. The van der Waals surface area contributed by atoms with Gasteiger partial charge in [-0.3, -0.25) is 4.79 Å². The summed E-state index contributed by atoms with van der Waals surface area (Å²) in [6.07, 6.45) is 1.96. The quantitative estimate of drug-likeness (QED) is 0.349. The lowest BCUT2D eigenvalue weighted by Crippen LogP contribution is -2.35. The molecule has 6 nitrogen and oxygen atoms in total. The maximum atomic E-state index is 10.5. The summed E-state index contributed by atoms with van der Waals surface area (Å²) in [5, 5.41) is 8.27. The topological polar surface area (TPSA) is 116 Å². The van der Waals surface area contributed by atoms with Crippen LogP contribution in [0.4, 0.5) is 0 Å². The molecule has 1 atom stereocenters. The summed E-state index contributed by atoms with van der Waals surface area (Å²) < 4.78 is 4.39. The summed E-state index contributed by atoms with van der Waals surface area (Å²) in [6, 6.07) is -1.19. The molecule has 0 saturated carbocycles. The van der Waals surface area contributed by atoms with Crippen molar-refractivity contribution in [3.05, 3.63) is 12.3 Å². The van der Waals surface area contributed by atoms with E-state index in [2.05, 4.69) is 4.74 Å². The van der Waals surface area contributed by atoms with Crippen molar-refractivity contribution in [1.29, 1.82) is 0 Å². The van der Waals surface area contributed by atoms with E-state index in [-0.39, 0.29) is 6.61 Å². The summed E-state index contributed by atoms with van der Waals surface area (Å²) in [7, 11) is 0. The maximum Gasteiger partial charge on any atom is 0.332 e. The second-order valence-corrected chi connectivity index (χ2v) is 1.93. The number of esters is 1. The first-order chi connectivity index (χ1) is 5.57. The molecule has 0 bridgehead atoms. The third-order valence-corrected chi connectivity index (χ3v) is 0.955. The first-order valence-electron chi connectivity index (χ1n) is 3.11. The Morgan fingerprint density at radius 3 is 2.58 bits per heavy atom. The van der Waals surface area contributed by atoms with Crippen molar-refractivity contribution in [1.82, 2.24) is 0 Å². The lowest BCUT2D eigenvalue weighted by molar-refractivity contribution is -0.144. The van der Waals surface area contributed by atoms with Crippen molar-refractivity contribution < 1.29 is 19.4 Å². The number of hydrogen-bond donors (Lipinski definition) is 3. The summed E-state index contributed by atoms with van der Waals surface area (Å²) in [5.74, 6) is -1.94. The van der Waals surface area contributed by atoms with Crippen LogP contribution in [0.25, 0.3) is 0 Å². The van der Waals surface area contributed by atoms with Crippen LogP contribution < -0.4 is 11.5 Å². The smallest absolute Gasteiger partial charge is 0.332 e. The summed E-state index contributed by atoms with van der Waals surface area (Å²) in [4.78, 5) is 20.6. The molecule has 0 aromatic heterocycles. The lowest BCUT2D eigenvalue weighted by Gasteiger charge is -2.05. The molecule has 6 heteroatoms. The second kappa shape index (κ2) is 5.14. The average Bonchev–Trinajstić information content (AvgIpc) is 2.00. The fourth-order valence-corrected chi connectivity index (χ4v) is 0.370. The molecule has 0 heterocycles. The number of hydrogen-bond acceptors (Lipinski definition) is 5. The van der Waals surface area contributed by atoms with Crippen LogP contribution in [0.2, 0.25) is 0 Å². The normalized spacial score (nSPS) is 12.8. The molecule has 0 fully saturated rings. The van der Waals surface area contributed by atoms with Gasteiger partial charge in [0.1, 0.15) is 12.6 Å². The molecule has 0 saturated heterocycles. The van der Waals surface area contributed by atoms with Crippen LogP contribution in [0.1, 0.15) is 0 Å². The third kappa shape index (κ3) is 4.29. The maximum absolute atomic E-state index is 10.5. The molecule has 68 valence electrons. The third-order valence-electron chi connectivity index (χ3n) is 0.955. The van der Waals surface area contributed by atoms with Gasteiger partial charge in [0, 0.05) is 12.3 Å². The van der Waals surface area contributed by atoms with Crippen LogP contribution in [0, 0.1) is 0 Å². The molecule has 0 aromatic rings. The van der Waals surface area contributed by atoms with Gasteiger partial charge in [-0.15, -0.1) is 0 Å². The highest BCUT2D eigenvalue weighted by Gasteiger charge is 2.12. The average molecular weight is 174 g/mol. The van der Waals surface area contributed by atoms with E-state index in [4.69, 9.17) is 16.6 Å². The Hall–Kier alpha value is -1.56. The van der Waals surface area contributed by atoms with Gasteiger partial charge in [0.05, 0.1) is 0 Å². The zero-order valence-electron chi connectivity index (χ0n) is 6.27. The van der Waals surface area contributed by atoms with Crippen molar-refractivity contribution in [2.24, 2.45) is 11.5 Å². The van der Waals surface area contributed by atoms with E-state index in [1.165, 1.54) is 0 Å². The first kappa shape index (κ1) is 10.4. The molecular weight excluding hydrogens is 164 g/mol. The van der Waals surface area contributed by atoms with Gasteiger partial charge in [0.2, 0.25) is 0 Å². The minimum atomic E-state index is -1.22. The van der Waals surface area contributed by atoms with E-state index in [0.717, 1.165) is 12.3 Å². The Morgan fingerprint density at radius 2 is 2.17 bits per heavy atom. The van der Waals surface area contributed by atoms with Crippen LogP contribution in [0.15, 0.2) is 12.3 Å². The van der Waals surface area contributed by atoms with E-state index >= 15 is 0 Å². The number of ether oxygens (including phenoxy) is 1. The Labute approximate surface area is 68.8 Å². The number of rotatable bonds is 4. The van der Waals surface area contributed by atoms with Crippen molar-refractivity contribution in [3.63, 3.8) is 0 Å². The van der Waals surface area contributed by atoms with Crippen LogP contribution in [-0.4, -0.2) is 29.7 Å². The highest BCUT2D eigenvalue weighted by Crippen LogP contribution is 1.84. The number of carboxylic acids is 1. The molecule has 0 aliphatic carbocycles. The van der Waals surface area contributed by atoms with Crippen LogP contribution in [-0.2, 0) is 14.3 Å². The van der Waals surface area contributed by atoms with Gasteiger partial charge in [-0.1, -0.05) is 0 Å². The summed E-state index contributed by atoms with van der Waals surface area (Å²) in [6.45, 7) is -0.363. The molecule has 0 radical (unpaired) electrons. The summed E-state index contributed by atoms with van der Waals surface area (Å²) >= 11 is 0. The predicted molar refractivity (Wildman–Crippen MR) is 39.9 cm³/mol. The molecule has 0 aromatic carbocycles. The Kier molecular flexibility index (Phi) is 4.47. The van der Waals surface area contributed by atoms with Crippen LogP contribution >= 0.6 is 0 Å². The molecule has 0 aliphatic rings. The molecule has 0 spiro atoms. The minimum absolute atomic E-state index is 0.363. The SMILES string of the molecule is N/C=C/C(=O)OC[C@H](N)C(=O)O. The lowest BCUT2D eigenvalue weighted by atomic mass is 10.3. The molecular formula is C6H10N2O4. The van der Waals surface area contributed by atoms with Gasteiger partial charge in [0.15, 0.2) is 0 Å². The van der Waals surface area contributed by atoms with E-state index < -0.39 is 18.0 Å². The monoisotopic (exact) mass is 174 g/mol. The molecule has 0 rings (SSSR count). The first-order valence-corrected chi connectivity index (χ1v) is 3.11. The van der Waals surface area contributed by atoms with Crippen LogP contribution in [0.5, 0.6) is 0 Å². The van der Waals surface area contributed by atoms with Crippen LogP contribution in [0.3, 0.4) is 0 Å². The number of nitrogens with two attached hydrogens (primary N) is 2. The Bertz CT molecular complexity index is 202. The fraction of sp³-hybridized carbons (Fsp3) is 0.333. The number of carboxylic acid groups (broad SMARTS) is 1. The van der Waals surface area contributed by atoms with E-state index in [1.807, 2.05) is 0 Å². The summed E-state index contributed by atoms with van der Waals surface area (Å²) in [5.41, 5.74) is 9.90. The Morgan fingerprint density at radius 1 is 1.58 bits per heavy atom. The van der Waals surface area contributed by atoms with Gasteiger partial charge >= 0.3 is 11.9 Å². The van der Waals surface area contributed by atoms with Crippen molar-refractivity contribution in [2.45, 2.75) is 6.04 Å². The molecule has 5 N–H and O–H groups in total. The van der Waals surface area contributed by atoms with Crippen molar-refractivity contribution >= 4 is 11.9 Å². The number of carbonyl (C=O) groups excluding carboxylic acids is 1. The standard InChI is InChI=1S/C6H10N2O4/c7-2-1-5(9)12-3-4(8)6(10)11/h1-2,4H,3,7-8H2,(H,10,11)/b2-1+/t4-/m0/s1. The second-order valence-electron chi connectivity index (χ2n) is 1.93. The fourth-order valence-electron chi connectivity index (χ4n) is 0.370. The number of carbonyl (C=O) groups is 2. The van der Waals surface area contributed by atoms with E-state index in [1.54, 1.807) is 0 Å². The predicted octanol–water partition coefficient (Wildman–Crippen LogP) is -1.59. The van der Waals surface area contributed by atoms with E-state index in [0.29, 0.717) is 0 Å². The number of aliphatic carboxylic acids is 1. The van der Waals surface area contributed by atoms with Crippen molar-refractivity contribution in [3.8, 4) is 0 Å². The van der Waals surface area contributed by atoms with Gasteiger partial charge in [-0.05, 0) is 0 Å². The zero-order valence-corrected chi connectivity index (χ0v) is 6.27. The van der Waals surface area contributed by atoms with Gasteiger partial charge in [-0.25, -0.2) is 4.79 Å². The molecule has 0 aliphatic heterocycles. The highest BCUT2D eigenvalue weighted by molar-refractivity contribution is 5.82. The van der Waals surface area contributed by atoms with Gasteiger partial charge in [-0.2, -0.15) is 0 Å².